The third-order valence-electron chi connectivity index (χ3n) is 6.39. The molecule has 11 heteroatoms. The molecule has 2 unspecified atom stereocenters. The molecule has 3 aromatic rings. The molecule has 2 aliphatic heterocycles. The fourth-order valence-electron chi connectivity index (χ4n) is 4.68. The van der Waals surface area contributed by atoms with Crippen molar-refractivity contribution in [2.45, 2.75) is 50.2 Å². The first-order chi connectivity index (χ1) is 16.1. The van der Waals surface area contributed by atoms with Gasteiger partial charge < -0.3 is 15.0 Å². The van der Waals surface area contributed by atoms with Crippen molar-refractivity contribution in [2.24, 2.45) is 5.92 Å². The summed E-state index contributed by atoms with van der Waals surface area (Å²) < 4.78 is 34.7. The Bertz CT molecular complexity index is 1480. The molecule has 0 aliphatic carbocycles. The molecule has 10 nitrogen and oxygen atoms in total. The number of H-pyrrole nitrogens is 1. The Morgan fingerprint density at radius 3 is 2.82 bits per heavy atom. The van der Waals surface area contributed by atoms with Crippen LogP contribution in [-0.2, 0) is 21.3 Å². The Morgan fingerprint density at radius 1 is 1.29 bits per heavy atom. The van der Waals surface area contributed by atoms with Crippen LogP contribution in [0.3, 0.4) is 0 Å². The summed E-state index contributed by atoms with van der Waals surface area (Å²) in [5.41, 5.74) is 1.05. The molecule has 0 spiro atoms. The number of rotatable bonds is 3. The Kier molecular flexibility index (Phi) is 5.27. The highest BCUT2D eigenvalue weighted by molar-refractivity contribution is 7.89. The van der Waals surface area contributed by atoms with E-state index < -0.39 is 15.6 Å². The Morgan fingerprint density at radius 2 is 2.09 bits per heavy atom. The first-order valence-corrected chi connectivity index (χ1v) is 12.6. The van der Waals surface area contributed by atoms with Crippen LogP contribution in [-0.4, -0.2) is 46.2 Å². The molecule has 2 N–H and O–H groups in total. The Hall–Kier alpha value is -3.20. The third kappa shape index (κ3) is 3.58. The molecule has 1 fully saturated rings. The van der Waals surface area contributed by atoms with Crippen molar-refractivity contribution in [3.63, 3.8) is 0 Å². The molecular weight excluding hydrogens is 456 g/mol. The number of nitrogens with one attached hydrogen (secondary N) is 2. The molecule has 0 radical (unpaired) electrons. The maximum Gasteiger partial charge on any atom is 0.261 e. The van der Waals surface area contributed by atoms with Gasteiger partial charge in [0.25, 0.3) is 5.56 Å². The van der Waals surface area contributed by atoms with Gasteiger partial charge in [-0.3, -0.25) is 9.48 Å². The topological polar surface area (TPSA) is 133 Å². The maximum absolute atomic E-state index is 13.0. The van der Waals surface area contributed by atoms with E-state index in [0.29, 0.717) is 47.6 Å². The van der Waals surface area contributed by atoms with Gasteiger partial charge in [0.2, 0.25) is 10.0 Å². The lowest BCUT2D eigenvalue weighted by atomic mass is 9.96. The number of aromatic nitrogens is 3. The molecule has 4 heterocycles. The van der Waals surface area contributed by atoms with Crippen LogP contribution in [0.5, 0.6) is 0 Å². The summed E-state index contributed by atoms with van der Waals surface area (Å²) in [6.07, 6.45) is 2.15. The second kappa shape index (κ2) is 7.94. The SMILES string of the molecule is CC(C)(C)N1Cc2cc(Nc3nn(C4COCCC4C#N)c4cc[nH]c(=O)c34)ccc2S1(=O)=O. The highest BCUT2D eigenvalue weighted by atomic mass is 32.2. The summed E-state index contributed by atoms with van der Waals surface area (Å²) in [5, 5.41) is 17.9. The molecule has 1 saturated heterocycles. The van der Waals surface area contributed by atoms with Gasteiger partial charge in [-0.05, 0) is 57.0 Å². The van der Waals surface area contributed by atoms with Crippen molar-refractivity contribution >= 4 is 32.4 Å². The maximum atomic E-state index is 13.0. The van der Waals surface area contributed by atoms with Crippen molar-refractivity contribution in [2.75, 3.05) is 18.5 Å². The number of ether oxygens (including phenoxy) is 1. The number of hydrogen-bond donors (Lipinski definition) is 2. The fraction of sp³-hybridized carbons (Fsp3) is 0.435. The van der Waals surface area contributed by atoms with E-state index in [1.54, 1.807) is 35.1 Å². The zero-order chi connectivity index (χ0) is 24.3. The van der Waals surface area contributed by atoms with Crippen molar-refractivity contribution < 1.29 is 13.2 Å². The van der Waals surface area contributed by atoms with Gasteiger partial charge in [-0.25, -0.2) is 8.42 Å². The lowest BCUT2D eigenvalue weighted by Gasteiger charge is -2.29. The van der Waals surface area contributed by atoms with Crippen LogP contribution in [0.15, 0.2) is 40.2 Å². The zero-order valence-electron chi connectivity index (χ0n) is 19.2. The minimum absolute atomic E-state index is 0.274. The minimum atomic E-state index is -3.57. The lowest BCUT2D eigenvalue weighted by Crippen LogP contribution is -2.41. The second-order valence-corrected chi connectivity index (χ2v) is 11.5. The number of fused-ring (bicyclic) bond motifs is 2. The van der Waals surface area contributed by atoms with Gasteiger partial charge in [0.05, 0.1) is 35.0 Å². The van der Waals surface area contributed by atoms with Crippen molar-refractivity contribution in [1.82, 2.24) is 19.1 Å². The molecule has 2 aromatic heterocycles. The Balaban J connectivity index is 1.55. The summed E-state index contributed by atoms with van der Waals surface area (Å²) in [6.45, 7) is 6.72. The van der Waals surface area contributed by atoms with E-state index in [4.69, 9.17) is 4.74 Å². The molecule has 178 valence electrons. The molecule has 0 bridgehead atoms. The molecule has 1 aromatic carbocycles. The van der Waals surface area contributed by atoms with Gasteiger partial charge in [0, 0.05) is 30.6 Å². The first kappa shape index (κ1) is 22.6. The summed E-state index contributed by atoms with van der Waals surface area (Å²) in [7, 11) is -3.57. The van der Waals surface area contributed by atoms with Crippen LogP contribution in [0.1, 0.15) is 38.8 Å². The molecule has 0 amide bonds. The number of hydrogen-bond acceptors (Lipinski definition) is 7. The number of sulfonamides is 1. The predicted molar refractivity (Wildman–Crippen MR) is 126 cm³/mol. The van der Waals surface area contributed by atoms with Crippen LogP contribution in [0, 0.1) is 17.2 Å². The normalized spacial score (nSPS) is 22.4. The largest absolute Gasteiger partial charge is 0.379 e. The Labute approximate surface area is 197 Å². The van der Waals surface area contributed by atoms with E-state index in [1.807, 2.05) is 20.8 Å². The van der Waals surface area contributed by atoms with Crippen LogP contribution in [0.2, 0.25) is 0 Å². The van der Waals surface area contributed by atoms with E-state index in [2.05, 4.69) is 21.5 Å². The number of anilines is 2. The van der Waals surface area contributed by atoms with E-state index in [-0.39, 0.29) is 29.0 Å². The zero-order valence-corrected chi connectivity index (χ0v) is 20.0. The standard InChI is InChI=1S/C23H26N6O4S/c1-23(2,3)28-12-15-10-16(4-5-19(15)34(28,31)32)26-21-20-17(6-8-25-22(20)30)29(27-21)18-13-33-9-7-14(18)11-24/h4-6,8,10,14,18H,7,9,12-13H2,1-3H3,(H,25,30)(H,26,27). The number of benzene rings is 1. The number of nitriles is 1. The van der Waals surface area contributed by atoms with Crippen LogP contribution in [0.4, 0.5) is 11.5 Å². The average molecular weight is 483 g/mol. The van der Waals surface area contributed by atoms with Crippen molar-refractivity contribution in [1.29, 1.82) is 5.26 Å². The van der Waals surface area contributed by atoms with Crippen LogP contribution >= 0.6 is 0 Å². The van der Waals surface area contributed by atoms with Gasteiger partial charge in [-0.2, -0.15) is 14.7 Å². The van der Waals surface area contributed by atoms with Gasteiger partial charge in [-0.1, -0.05) is 0 Å². The predicted octanol–water partition coefficient (Wildman–Crippen LogP) is 2.87. The van der Waals surface area contributed by atoms with Crippen molar-refractivity contribution in [3.8, 4) is 6.07 Å². The van der Waals surface area contributed by atoms with E-state index in [1.165, 1.54) is 4.31 Å². The highest BCUT2D eigenvalue weighted by Crippen LogP contribution is 2.38. The number of nitrogens with zero attached hydrogens (tertiary/aromatic N) is 4. The molecule has 2 atom stereocenters. The average Bonchev–Trinajstić information content (AvgIpc) is 3.29. The minimum Gasteiger partial charge on any atom is -0.379 e. The van der Waals surface area contributed by atoms with E-state index in [0.717, 1.165) is 0 Å². The number of pyridine rings is 1. The van der Waals surface area contributed by atoms with Crippen molar-refractivity contribution in [3.05, 3.63) is 46.4 Å². The van der Waals surface area contributed by atoms with Crippen LogP contribution in [0.25, 0.3) is 10.9 Å². The third-order valence-corrected chi connectivity index (χ3v) is 8.60. The monoisotopic (exact) mass is 482 g/mol. The summed E-state index contributed by atoms with van der Waals surface area (Å²) in [4.78, 5) is 15.7. The van der Waals surface area contributed by atoms with Gasteiger partial charge in [-0.15, -0.1) is 0 Å². The van der Waals surface area contributed by atoms with E-state index in [9.17, 15) is 18.5 Å². The van der Waals surface area contributed by atoms with E-state index >= 15 is 0 Å². The lowest BCUT2D eigenvalue weighted by molar-refractivity contribution is 0.0359. The quantitative estimate of drug-likeness (QED) is 0.586. The summed E-state index contributed by atoms with van der Waals surface area (Å²) in [5.74, 6) is 0.0603. The molecule has 34 heavy (non-hydrogen) atoms. The van der Waals surface area contributed by atoms with Gasteiger partial charge in [0.1, 0.15) is 5.39 Å². The van der Waals surface area contributed by atoms with Crippen LogP contribution < -0.4 is 10.9 Å². The molecular formula is C23H26N6O4S. The molecule has 5 rings (SSSR count). The smallest absolute Gasteiger partial charge is 0.261 e. The van der Waals surface area contributed by atoms with Gasteiger partial charge >= 0.3 is 0 Å². The molecule has 0 saturated carbocycles. The first-order valence-electron chi connectivity index (χ1n) is 11.1. The molecule has 2 aliphatic rings. The summed E-state index contributed by atoms with van der Waals surface area (Å²) >= 11 is 0. The highest BCUT2D eigenvalue weighted by Gasteiger charge is 2.41. The number of aromatic amines is 1. The summed E-state index contributed by atoms with van der Waals surface area (Å²) in [6, 6.07) is 8.82. The van der Waals surface area contributed by atoms with Gasteiger partial charge in [0.15, 0.2) is 5.82 Å². The second-order valence-electron chi connectivity index (χ2n) is 9.66. The fourth-order valence-corrected chi connectivity index (χ4v) is 6.64.